The van der Waals surface area contributed by atoms with Crippen molar-refractivity contribution in [2.24, 2.45) is 0 Å². The van der Waals surface area contributed by atoms with E-state index in [1.807, 2.05) is 0 Å². The van der Waals surface area contributed by atoms with E-state index >= 15 is 0 Å². The van der Waals surface area contributed by atoms with Crippen LogP contribution in [0.5, 0.6) is 0 Å². The number of carboxylic acid groups (broad SMARTS) is 1. The van der Waals surface area contributed by atoms with Crippen LogP contribution in [0, 0.1) is 0 Å². The molecule has 0 aliphatic heterocycles. The lowest BCUT2D eigenvalue weighted by molar-refractivity contribution is -0.144. The predicted octanol–water partition coefficient (Wildman–Crippen LogP) is 12.7. The van der Waals surface area contributed by atoms with Gasteiger partial charge in [0.25, 0.3) is 0 Å². The maximum Gasteiger partial charge on any atom is 0.305 e. The Morgan fingerprint density at radius 3 is 1.19 bits per heavy atom. The van der Waals surface area contributed by atoms with Gasteiger partial charge >= 0.3 is 11.9 Å². The molecular formula is C38H72O4. The molecule has 0 heterocycles. The summed E-state index contributed by atoms with van der Waals surface area (Å²) in [6, 6.07) is 0. The summed E-state index contributed by atoms with van der Waals surface area (Å²) in [5, 5.41) is 8.63. The first-order valence-electron chi connectivity index (χ1n) is 18.7. The van der Waals surface area contributed by atoms with Gasteiger partial charge < -0.3 is 9.84 Å². The summed E-state index contributed by atoms with van der Waals surface area (Å²) < 4.78 is 5.43. The Morgan fingerprint density at radius 2 is 0.786 bits per heavy atom. The summed E-state index contributed by atoms with van der Waals surface area (Å²) in [6.07, 6.45) is 43.7. The average Bonchev–Trinajstić information content (AvgIpc) is 2.98. The molecule has 0 amide bonds. The van der Waals surface area contributed by atoms with Gasteiger partial charge in [0.1, 0.15) is 0 Å². The van der Waals surface area contributed by atoms with Gasteiger partial charge in [-0.2, -0.15) is 0 Å². The summed E-state index contributed by atoms with van der Waals surface area (Å²) in [4.78, 5) is 22.4. The van der Waals surface area contributed by atoms with Crippen LogP contribution in [-0.4, -0.2) is 23.7 Å². The van der Waals surface area contributed by atoms with Crippen LogP contribution in [0.2, 0.25) is 0 Å². The van der Waals surface area contributed by atoms with Crippen molar-refractivity contribution in [2.75, 3.05) is 6.61 Å². The van der Waals surface area contributed by atoms with Crippen molar-refractivity contribution >= 4 is 11.9 Å². The molecule has 4 nitrogen and oxygen atoms in total. The molecule has 0 aliphatic carbocycles. The van der Waals surface area contributed by atoms with E-state index in [1.54, 1.807) is 0 Å². The Labute approximate surface area is 262 Å². The molecule has 0 saturated heterocycles. The Morgan fingerprint density at radius 1 is 0.452 bits per heavy atom. The molecule has 0 aliphatic rings. The number of allylic oxidation sites excluding steroid dienone is 2. The first-order valence-corrected chi connectivity index (χ1v) is 18.7. The van der Waals surface area contributed by atoms with E-state index in [0.29, 0.717) is 19.4 Å². The molecule has 4 heteroatoms. The number of carbonyl (C=O) groups is 2. The molecule has 0 aromatic rings. The summed E-state index contributed by atoms with van der Waals surface area (Å²) in [7, 11) is 0. The molecule has 0 bridgehead atoms. The van der Waals surface area contributed by atoms with Crippen LogP contribution < -0.4 is 0 Å². The Kier molecular flexibility index (Phi) is 34.7. The van der Waals surface area contributed by atoms with Gasteiger partial charge in [0, 0.05) is 12.8 Å². The number of esters is 1. The second-order valence-electron chi connectivity index (χ2n) is 12.7. The number of rotatable bonds is 35. The third-order valence-corrected chi connectivity index (χ3v) is 8.44. The van der Waals surface area contributed by atoms with Crippen molar-refractivity contribution in [3.63, 3.8) is 0 Å². The van der Waals surface area contributed by atoms with E-state index in [2.05, 4.69) is 19.1 Å². The number of ether oxygens (including phenoxy) is 1. The minimum atomic E-state index is -0.670. The van der Waals surface area contributed by atoms with E-state index < -0.39 is 5.97 Å². The molecule has 0 unspecified atom stereocenters. The van der Waals surface area contributed by atoms with E-state index in [1.165, 1.54) is 161 Å². The van der Waals surface area contributed by atoms with Gasteiger partial charge in [-0.25, -0.2) is 0 Å². The molecule has 0 atom stereocenters. The van der Waals surface area contributed by atoms with E-state index in [0.717, 1.165) is 32.1 Å². The fourth-order valence-electron chi connectivity index (χ4n) is 5.63. The first kappa shape index (κ1) is 40.7. The van der Waals surface area contributed by atoms with Gasteiger partial charge in [0.05, 0.1) is 6.61 Å². The van der Waals surface area contributed by atoms with Gasteiger partial charge in [-0.3, -0.25) is 9.59 Å². The quantitative estimate of drug-likeness (QED) is 0.0451. The Hall–Kier alpha value is -1.32. The lowest BCUT2D eigenvalue weighted by atomic mass is 10.0. The zero-order valence-corrected chi connectivity index (χ0v) is 28.2. The van der Waals surface area contributed by atoms with Gasteiger partial charge in [0.2, 0.25) is 0 Å². The lowest BCUT2D eigenvalue weighted by Crippen LogP contribution is -2.05. The van der Waals surface area contributed by atoms with E-state index in [-0.39, 0.29) is 5.97 Å². The first-order chi connectivity index (χ1) is 20.7. The van der Waals surface area contributed by atoms with Crippen LogP contribution in [0.15, 0.2) is 12.2 Å². The van der Waals surface area contributed by atoms with Crippen LogP contribution in [0.3, 0.4) is 0 Å². The number of carboxylic acids is 1. The number of carbonyl (C=O) groups excluding carboxylic acids is 1. The van der Waals surface area contributed by atoms with Gasteiger partial charge in [0.15, 0.2) is 0 Å². The standard InChI is InChI=1S/C38H72O4/c1-2-3-4-5-6-7-8-9-10-11-12-13-14-17-20-23-26-29-32-35-38(41)42-36-33-30-27-24-21-18-15-16-19-22-25-28-31-34-37(39)40/h9-10H,2-8,11-36H2,1H3,(H,39,40). The van der Waals surface area contributed by atoms with Crippen molar-refractivity contribution in [2.45, 2.75) is 212 Å². The molecule has 0 spiro atoms. The minimum Gasteiger partial charge on any atom is -0.481 e. The van der Waals surface area contributed by atoms with Crippen molar-refractivity contribution in [3.05, 3.63) is 12.2 Å². The number of hydrogen-bond acceptors (Lipinski definition) is 3. The highest BCUT2D eigenvalue weighted by molar-refractivity contribution is 5.69. The highest BCUT2D eigenvalue weighted by Gasteiger charge is 2.03. The van der Waals surface area contributed by atoms with Crippen molar-refractivity contribution < 1.29 is 19.4 Å². The monoisotopic (exact) mass is 593 g/mol. The summed E-state index contributed by atoms with van der Waals surface area (Å²) >= 11 is 0. The molecule has 248 valence electrons. The van der Waals surface area contributed by atoms with Crippen molar-refractivity contribution in [1.82, 2.24) is 0 Å². The molecule has 0 rings (SSSR count). The van der Waals surface area contributed by atoms with Crippen LogP contribution in [-0.2, 0) is 14.3 Å². The zero-order valence-electron chi connectivity index (χ0n) is 28.2. The normalized spacial score (nSPS) is 11.5. The minimum absolute atomic E-state index is 0.00194. The van der Waals surface area contributed by atoms with Crippen molar-refractivity contribution in [3.8, 4) is 0 Å². The Bertz CT molecular complexity index is 586. The molecule has 0 fully saturated rings. The average molecular weight is 593 g/mol. The maximum absolute atomic E-state index is 11.9. The molecule has 0 saturated carbocycles. The maximum atomic E-state index is 11.9. The zero-order chi connectivity index (χ0) is 30.6. The highest BCUT2D eigenvalue weighted by atomic mass is 16.5. The fraction of sp³-hybridized carbons (Fsp3) is 0.895. The molecule has 42 heavy (non-hydrogen) atoms. The van der Waals surface area contributed by atoms with Crippen molar-refractivity contribution in [1.29, 1.82) is 0 Å². The lowest BCUT2D eigenvalue weighted by Gasteiger charge is -2.06. The molecule has 0 radical (unpaired) electrons. The largest absolute Gasteiger partial charge is 0.481 e. The van der Waals surface area contributed by atoms with E-state index in [4.69, 9.17) is 9.84 Å². The predicted molar refractivity (Wildman–Crippen MR) is 181 cm³/mol. The molecule has 0 aromatic carbocycles. The smallest absolute Gasteiger partial charge is 0.305 e. The third-order valence-electron chi connectivity index (χ3n) is 8.44. The van der Waals surface area contributed by atoms with Crippen LogP contribution in [0.4, 0.5) is 0 Å². The van der Waals surface area contributed by atoms with Gasteiger partial charge in [-0.1, -0.05) is 167 Å². The highest BCUT2D eigenvalue weighted by Crippen LogP contribution is 2.14. The fourth-order valence-corrected chi connectivity index (χ4v) is 5.63. The van der Waals surface area contributed by atoms with Gasteiger partial charge in [-0.05, 0) is 44.9 Å². The molecule has 0 aromatic heterocycles. The van der Waals surface area contributed by atoms with Crippen LogP contribution in [0.25, 0.3) is 0 Å². The van der Waals surface area contributed by atoms with Crippen LogP contribution >= 0.6 is 0 Å². The third kappa shape index (κ3) is 36.7. The van der Waals surface area contributed by atoms with E-state index in [9.17, 15) is 9.59 Å². The Balaban J connectivity index is 3.19. The topological polar surface area (TPSA) is 63.6 Å². The second kappa shape index (κ2) is 35.9. The summed E-state index contributed by atoms with van der Waals surface area (Å²) in [5.74, 6) is -0.672. The number of hydrogen-bond donors (Lipinski definition) is 1. The number of aliphatic carboxylic acids is 1. The molecule has 1 N–H and O–H groups in total. The summed E-state index contributed by atoms with van der Waals surface area (Å²) in [5.41, 5.74) is 0. The molecular weight excluding hydrogens is 520 g/mol. The second-order valence-corrected chi connectivity index (χ2v) is 12.7. The van der Waals surface area contributed by atoms with Crippen LogP contribution in [0.1, 0.15) is 212 Å². The SMILES string of the molecule is CCCCCCCCC=CCCCCCCCCCCCC(=O)OCCCCCCCCCCCCCCCC(=O)O. The summed E-state index contributed by atoms with van der Waals surface area (Å²) in [6.45, 7) is 2.88. The van der Waals surface area contributed by atoms with Gasteiger partial charge in [-0.15, -0.1) is 0 Å². The number of unbranched alkanes of at least 4 members (excludes halogenated alkanes) is 27.